The number of amides is 1. The summed E-state index contributed by atoms with van der Waals surface area (Å²) in [5, 5.41) is 19.3. The summed E-state index contributed by atoms with van der Waals surface area (Å²) in [5.74, 6) is 1.05. The Bertz CT molecular complexity index is 1020. The van der Waals surface area contributed by atoms with Crippen molar-refractivity contribution >= 4 is 28.9 Å². The minimum absolute atomic E-state index is 0.00688. The molecule has 0 saturated carbocycles. The van der Waals surface area contributed by atoms with Crippen LogP contribution < -0.4 is 30.2 Å². The number of nitrogens with one attached hydrogen (secondary N) is 3. The zero-order chi connectivity index (χ0) is 21.8. The Morgan fingerprint density at radius 2 is 1.80 bits per heavy atom. The van der Waals surface area contributed by atoms with Crippen molar-refractivity contribution in [1.82, 2.24) is 10.6 Å². The number of aromatic hydroxyl groups is 1. The summed E-state index contributed by atoms with van der Waals surface area (Å²) in [4.78, 5) is 13.3. The van der Waals surface area contributed by atoms with E-state index in [0.29, 0.717) is 44.9 Å². The molecule has 2 aromatic carbocycles. The molecule has 3 rings (SSSR count). The second-order valence-corrected chi connectivity index (χ2v) is 6.93. The molecule has 4 N–H and O–H groups in total. The Kier molecular flexibility index (Phi) is 6.31. The second-order valence-electron chi connectivity index (χ2n) is 6.52. The molecule has 1 aliphatic heterocycles. The van der Waals surface area contributed by atoms with E-state index >= 15 is 0 Å². The maximum atomic E-state index is 13.3. The van der Waals surface area contributed by atoms with Gasteiger partial charge in [0.2, 0.25) is 0 Å². The lowest BCUT2D eigenvalue weighted by atomic mass is 9.94. The topological polar surface area (TPSA) is 101 Å². The molecule has 0 bridgehead atoms. The van der Waals surface area contributed by atoms with Crippen molar-refractivity contribution in [2.45, 2.75) is 13.0 Å². The van der Waals surface area contributed by atoms with Crippen LogP contribution in [0.1, 0.15) is 18.5 Å². The Morgan fingerprint density at radius 3 is 2.47 bits per heavy atom. The molecule has 0 radical (unpaired) electrons. The van der Waals surface area contributed by atoms with Crippen LogP contribution in [0.25, 0.3) is 0 Å². The molecule has 158 valence electrons. The first-order valence-corrected chi connectivity index (χ1v) is 9.47. The summed E-state index contributed by atoms with van der Waals surface area (Å²) in [5.41, 5.74) is 2.26. The van der Waals surface area contributed by atoms with Crippen molar-refractivity contribution in [2.24, 2.45) is 0 Å². The lowest BCUT2D eigenvalue weighted by Crippen LogP contribution is -2.45. The summed E-state index contributed by atoms with van der Waals surface area (Å²) in [6.07, 6.45) is 0. The molecule has 8 nitrogen and oxygen atoms in total. The Morgan fingerprint density at radius 1 is 1.07 bits per heavy atom. The number of phenolic OH excluding ortho intramolecular Hbond substituents is 1. The van der Waals surface area contributed by atoms with Gasteiger partial charge in [-0.25, -0.2) is 0 Å². The maximum Gasteiger partial charge on any atom is 0.255 e. The van der Waals surface area contributed by atoms with Crippen LogP contribution in [0.15, 0.2) is 47.7 Å². The predicted octanol–water partition coefficient (Wildman–Crippen LogP) is 2.85. The molecule has 2 aromatic rings. The summed E-state index contributed by atoms with van der Waals surface area (Å²) in [6, 6.07) is 9.46. The van der Waals surface area contributed by atoms with E-state index in [2.05, 4.69) is 16.0 Å². The number of carbonyl (C=O) groups excluding carboxylic acids is 1. The van der Waals surface area contributed by atoms with Crippen LogP contribution in [-0.4, -0.2) is 37.5 Å². The number of phenols is 1. The number of benzene rings is 2. The van der Waals surface area contributed by atoms with Gasteiger partial charge in [-0.2, -0.15) is 0 Å². The van der Waals surface area contributed by atoms with Crippen LogP contribution in [0.3, 0.4) is 0 Å². The number of allylic oxidation sites excluding steroid dienone is 1. The second kappa shape index (κ2) is 8.91. The van der Waals surface area contributed by atoms with E-state index in [-0.39, 0.29) is 11.7 Å². The molecular weight excluding hydrogens is 406 g/mol. The van der Waals surface area contributed by atoms with Crippen molar-refractivity contribution in [3.05, 3.63) is 53.2 Å². The third-order valence-electron chi connectivity index (χ3n) is 4.71. The van der Waals surface area contributed by atoms with Crippen molar-refractivity contribution in [3.63, 3.8) is 0 Å². The van der Waals surface area contributed by atoms with Crippen molar-refractivity contribution in [1.29, 1.82) is 0 Å². The van der Waals surface area contributed by atoms with Gasteiger partial charge < -0.3 is 35.3 Å². The van der Waals surface area contributed by atoms with Crippen LogP contribution in [-0.2, 0) is 4.79 Å². The molecule has 1 heterocycles. The first-order valence-electron chi connectivity index (χ1n) is 9.06. The van der Waals surface area contributed by atoms with E-state index in [4.69, 9.17) is 26.4 Å². The quantitative estimate of drug-likeness (QED) is 0.520. The number of rotatable bonds is 6. The van der Waals surface area contributed by atoms with Gasteiger partial charge in [0.05, 0.1) is 38.6 Å². The van der Waals surface area contributed by atoms with E-state index < -0.39 is 6.04 Å². The van der Waals surface area contributed by atoms with Crippen molar-refractivity contribution in [2.75, 3.05) is 26.6 Å². The summed E-state index contributed by atoms with van der Waals surface area (Å²) in [7, 11) is 4.53. The van der Waals surface area contributed by atoms with Gasteiger partial charge in [0, 0.05) is 11.8 Å². The van der Waals surface area contributed by atoms with Crippen molar-refractivity contribution < 1.29 is 24.1 Å². The van der Waals surface area contributed by atoms with Gasteiger partial charge in [-0.05, 0) is 49.0 Å². The lowest BCUT2D eigenvalue weighted by Gasteiger charge is -2.30. The fourth-order valence-corrected chi connectivity index (χ4v) is 3.48. The molecule has 0 fully saturated rings. The third kappa shape index (κ3) is 4.25. The normalized spacial score (nSPS) is 15.7. The fourth-order valence-electron chi connectivity index (χ4n) is 3.21. The molecule has 0 aliphatic carbocycles. The van der Waals surface area contributed by atoms with Crippen LogP contribution >= 0.6 is 12.2 Å². The molecule has 9 heteroatoms. The summed E-state index contributed by atoms with van der Waals surface area (Å²) in [6.45, 7) is 1.78. The SMILES string of the molecule is COc1ccc(NC(=O)C2=C(C)NC(=S)NC2c2ccc(O)c(OC)c2)c(OC)c1. The number of methoxy groups -OCH3 is 3. The highest BCUT2D eigenvalue weighted by Crippen LogP contribution is 2.35. The number of hydrogen-bond donors (Lipinski definition) is 4. The zero-order valence-corrected chi connectivity index (χ0v) is 17.8. The molecule has 0 saturated heterocycles. The van der Waals surface area contributed by atoms with Crippen LogP contribution in [0.2, 0.25) is 0 Å². The van der Waals surface area contributed by atoms with Crippen LogP contribution in [0, 0.1) is 0 Å². The van der Waals surface area contributed by atoms with Crippen LogP contribution in [0.5, 0.6) is 23.0 Å². The molecule has 0 spiro atoms. The maximum absolute atomic E-state index is 13.3. The first kappa shape index (κ1) is 21.3. The molecule has 30 heavy (non-hydrogen) atoms. The van der Waals surface area contributed by atoms with E-state index in [9.17, 15) is 9.90 Å². The van der Waals surface area contributed by atoms with Gasteiger partial charge in [-0.15, -0.1) is 0 Å². The monoisotopic (exact) mass is 429 g/mol. The predicted molar refractivity (Wildman–Crippen MR) is 117 cm³/mol. The van der Waals surface area contributed by atoms with Gasteiger partial charge in [0.15, 0.2) is 16.6 Å². The Balaban J connectivity index is 1.98. The molecule has 1 unspecified atom stereocenters. The number of ether oxygens (including phenoxy) is 3. The number of carbonyl (C=O) groups is 1. The van der Waals surface area contributed by atoms with Gasteiger partial charge in [-0.3, -0.25) is 4.79 Å². The lowest BCUT2D eigenvalue weighted by molar-refractivity contribution is -0.113. The van der Waals surface area contributed by atoms with E-state index in [1.54, 1.807) is 44.4 Å². The van der Waals surface area contributed by atoms with E-state index in [1.807, 2.05) is 0 Å². The van der Waals surface area contributed by atoms with E-state index in [0.717, 1.165) is 0 Å². The highest BCUT2D eigenvalue weighted by molar-refractivity contribution is 7.80. The van der Waals surface area contributed by atoms with Crippen LogP contribution in [0.4, 0.5) is 5.69 Å². The minimum Gasteiger partial charge on any atom is -0.504 e. The summed E-state index contributed by atoms with van der Waals surface area (Å²) < 4.78 is 15.8. The summed E-state index contributed by atoms with van der Waals surface area (Å²) >= 11 is 5.28. The van der Waals surface area contributed by atoms with Gasteiger partial charge in [-0.1, -0.05) is 6.07 Å². The Labute approximate surface area is 179 Å². The van der Waals surface area contributed by atoms with E-state index in [1.165, 1.54) is 20.3 Å². The fraction of sp³-hybridized carbons (Fsp3) is 0.238. The average Bonchev–Trinajstić information content (AvgIpc) is 2.73. The van der Waals surface area contributed by atoms with Gasteiger partial charge >= 0.3 is 0 Å². The first-order chi connectivity index (χ1) is 14.4. The standard InChI is InChI=1S/C21H23N3O5S/c1-11-18(20(26)23-14-7-6-13(27-2)10-16(14)28-3)19(24-21(30)22-11)12-5-8-15(25)17(9-12)29-4/h5-10,19,25H,1-4H3,(H,23,26)(H2,22,24,30). The molecular formula is C21H23N3O5S. The number of hydrogen-bond acceptors (Lipinski definition) is 6. The Hall–Kier alpha value is -3.46. The molecule has 1 amide bonds. The highest BCUT2D eigenvalue weighted by atomic mass is 32.1. The van der Waals surface area contributed by atoms with Crippen molar-refractivity contribution in [3.8, 4) is 23.0 Å². The smallest absolute Gasteiger partial charge is 0.255 e. The van der Waals surface area contributed by atoms with Gasteiger partial charge in [0.25, 0.3) is 5.91 Å². The number of thiocarbonyl (C=S) groups is 1. The molecule has 1 atom stereocenters. The minimum atomic E-state index is -0.544. The molecule has 0 aromatic heterocycles. The largest absolute Gasteiger partial charge is 0.504 e. The van der Waals surface area contributed by atoms with Gasteiger partial charge in [0.1, 0.15) is 11.5 Å². The average molecular weight is 429 g/mol. The number of anilines is 1. The zero-order valence-electron chi connectivity index (χ0n) is 17.0. The molecule has 1 aliphatic rings. The highest BCUT2D eigenvalue weighted by Gasteiger charge is 2.31. The third-order valence-corrected chi connectivity index (χ3v) is 4.93.